The lowest BCUT2D eigenvalue weighted by Crippen LogP contribution is -2.27. The summed E-state index contributed by atoms with van der Waals surface area (Å²) in [5.41, 5.74) is 0.488. The van der Waals surface area contributed by atoms with Crippen LogP contribution >= 0.6 is 0 Å². The number of ether oxygens (including phenoxy) is 1. The maximum absolute atomic E-state index is 12.3. The average molecular weight is 270 g/mol. The van der Waals surface area contributed by atoms with Crippen molar-refractivity contribution < 1.29 is 18.3 Å². The maximum Gasteiger partial charge on any atom is 0.387 e. The Morgan fingerprint density at radius 3 is 2.95 bits per heavy atom. The summed E-state index contributed by atoms with van der Waals surface area (Å²) in [5, 5.41) is 5.88. The van der Waals surface area contributed by atoms with Crippen LogP contribution in [-0.4, -0.2) is 25.1 Å². The summed E-state index contributed by atoms with van der Waals surface area (Å²) in [5.74, 6) is 0.0735. The quantitative estimate of drug-likeness (QED) is 0.883. The van der Waals surface area contributed by atoms with Gasteiger partial charge in [-0.1, -0.05) is 12.1 Å². The third-order valence-electron chi connectivity index (χ3n) is 2.95. The molecule has 2 N–H and O–H groups in total. The minimum atomic E-state index is -2.86. The Labute approximate surface area is 110 Å². The maximum atomic E-state index is 12.3. The monoisotopic (exact) mass is 270 g/mol. The Kier molecular flexibility index (Phi) is 4.54. The van der Waals surface area contributed by atoms with Gasteiger partial charge in [-0.2, -0.15) is 8.78 Å². The minimum absolute atomic E-state index is 0.0257. The molecule has 0 aromatic heterocycles. The zero-order valence-corrected chi connectivity index (χ0v) is 10.4. The Morgan fingerprint density at radius 1 is 1.37 bits per heavy atom. The molecule has 0 radical (unpaired) electrons. The number of alkyl halides is 2. The number of anilines is 1. The van der Waals surface area contributed by atoms with Crippen LogP contribution in [0.2, 0.25) is 0 Å². The van der Waals surface area contributed by atoms with E-state index in [4.69, 9.17) is 0 Å². The molecule has 104 valence electrons. The Hall–Kier alpha value is -1.85. The third kappa shape index (κ3) is 4.08. The van der Waals surface area contributed by atoms with Crippen molar-refractivity contribution in [2.45, 2.75) is 31.9 Å². The summed E-state index contributed by atoms with van der Waals surface area (Å²) in [6.45, 7) is -2.20. The fraction of sp³-hybridized carbons (Fsp3) is 0.462. The molecular formula is C13H16F2N2O2. The number of hydrogen-bond donors (Lipinski definition) is 2. The number of benzene rings is 1. The topological polar surface area (TPSA) is 50.4 Å². The van der Waals surface area contributed by atoms with Gasteiger partial charge in [0.2, 0.25) is 5.91 Å². The smallest absolute Gasteiger partial charge is 0.387 e. The standard InChI is InChI=1S/C13H16F2N2O2/c14-13(15)19-11-6-2-1-5-10(11)17-9-4-3-7-16-12(18)8-9/h1-2,5-6,9,13,17H,3-4,7-8H2,(H,16,18). The lowest BCUT2D eigenvalue weighted by molar-refractivity contribution is -0.120. The minimum Gasteiger partial charge on any atom is -0.433 e. The van der Waals surface area contributed by atoms with Gasteiger partial charge in [0.15, 0.2) is 0 Å². The third-order valence-corrected chi connectivity index (χ3v) is 2.95. The van der Waals surface area contributed by atoms with E-state index in [0.29, 0.717) is 18.7 Å². The second-order valence-electron chi connectivity index (χ2n) is 4.41. The van der Waals surface area contributed by atoms with Crippen molar-refractivity contribution in [1.82, 2.24) is 5.32 Å². The van der Waals surface area contributed by atoms with E-state index in [-0.39, 0.29) is 17.7 Å². The van der Waals surface area contributed by atoms with Crippen LogP contribution in [0.5, 0.6) is 5.75 Å². The Bertz CT molecular complexity index is 440. The summed E-state index contributed by atoms with van der Waals surface area (Å²) >= 11 is 0. The summed E-state index contributed by atoms with van der Waals surface area (Å²) < 4.78 is 29.0. The van der Waals surface area contributed by atoms with Crippen LogP contribution in [0.1, 0.15) is 19.3 Å². The van der Waals surface area contributed by atoms with E-state index in [9.17, 15) is 13.6 Å². The number of halogens is 2. The fourth-order valence-corrected chi connectivity index (χ4v) is 2.10. The van der Waals surface area contributed by atoms with Crippen molar-refractivity contribution in [1.29, 1.82) is 0 Å². The lowest BCUT2D eigenvalue weighted by atomic mass is 10.1. The van der Waals surface area contributed by atoms with Crippen LogP contribution in [0.3, 0.4) is 0 Å². The highest BCUT2D eigenvalue weighted by Crippen LogP contribution is 2.27. The molecule has 1 saturated heterocycles. The van der Waals surface area contributed by atoms with Crippen molar-refractivity contribution in [3.05, 3.63) is 24.3 Å². The summed E-state index contributed by atoms with van der Waals surface area (Å²) in [6.07, 6.45) is 2.01. The lowest BCUT2D eigenvalue weighted by Gasteiger charge is -2.19. The first-order chi connectivity index (χ1) is 9.15. The van der Waals surface area contributed by atoms with Crippen LogP contribution < -0.4 is 15.4 Å². The van der Waals surface area contributed by atoms with E-state index < -0.39 is 6.61 Å². The van der Waals surface area contributed by atoms with Gasteiger partial charge in [0.25, 0.3) is 0 Å². The molecule has 0 saturated carbocycles. The van der Waals surface area contributed by atoms with Gasteiger partial charge in [-0.25, -0.2) is 0 Å². The van der Waals surface area contributed by atoms with Crippen molar-refractivity contribution in [2.75, 3.05) is 11.9 Å². The van der Waals surface area contributed by atoms with Gasteiger partial charge in [-0.15, -0.1) is 0 Å². The van der Waals surface area contributed by atoms with Crippen LogP contribution in [0, 0.1) is 0 Å². The van der Waals surface area contributed by atoms with Gasteiger partial charge in [-0.05, 0) is 25.0 Å². The van der Waals surface area contributed by atoms with E-state index in [1.165, 1.54) is 6.07 Å². The van der Waals surface area contributed by atoms with E-state index in [1.807, 2.05) is 0 Å². The normalized spacial score (nSPS) is 19.7. The summed E-state index contributed by atoms with van der Waals surface area (Å²) in [4.78, 5) is 11.4. The SMILES string of the molecule is O=C1CC(Nc2ccccc2OC(F)F)CCCN1. The molecule has 1 aliphatic heterocycles. The van der Waals surface area contributed by atoms with Crippen molar-refractivity contribution in [2.24, 2.45) is 0 Å². The first-order valence-electron chi connectivity index (χ1n) is 6.22. The second-order valence-corrected chi connectivity index (χ2v) is 4.41. The van der Waals surface area contributed by atoms with E-state index in [2.05, 4.69) is 15.4 Å². The number of carbonyl (C=O) groups excluding carboxylic acids is 1. The van der Waals surface area contributed by atoms with Gasteiger partial charge in [0, 0.05) is 19.0 Å². The molecule has 1 aromatic rings. The molecule has 1 aromatic carbocycles. The molecule has 0 spiro atoms. The number of para-hydroxylation sites is 2. The average Bonchev–Trinajstić information content (AvgIpc) is 2.55. The highest BCUT2D eigenvalue weighted by Gasteiger charge is 2.19. The van der Waals surface area contributed by atoms with Crippen molar-refractivity contribution >= 4 is 11.6 Å². The molecule has 1 unspecified atom stereocenters. The zero-order chi connectivity index (χ0) is 13.7. The Balaban J connectivity index is 2.07. The number of carbonyl (C=O) groups is 1. The largest absolute Gasteiger partial charge is 0.433 e. The molecule has 1 atom stereocenters. The molecule has 6 heteroatoms. The van der Waals surface area contributed by atoms with Gasteiger partial charge >= 0.3 is 6.61 Å². The molecule has 1 fully saturated rings. The summed E-state index contributed by atoms with van der Waals surface area (Å²) in [7, 11) is 0. The highest BCUT2D eigenvalue weighted by atomic mass is 19.3. The van der Waals surface area contributed by atoms with Gasteiger partial charge in [0.1, 0.15) is 5.75 Å². The Morgan fingerprint density at radius 2 is 2.16 bits per heavy atom. The number of hydrogen-bond acceptors (Lipinski definition) is 3. The molecule has 1 heterocycles. The number of nitrogens with one attached hydrogen (secondary N) is 2. The first-order valence-corrected chi connectivity index (χ1v) is 6.22. The van der Waals surface area contributed by atoms with Crippen LogP contribution in [-0.2, 0) is 4.79 Å². The predicted molar refractivity (Wildman–Crippen MR) is 67.3 cm³/mol. The van der Waals surface area contributed by atoms with E-state index >= 15 is 0 Å². The number of amides is 1. The molecule has 0 bridgehead atoms. The van der Waals surface area contributed by atoms with Gasteiger partial charge in [-0.3, -0.25) is 4.79 Å². The van der Waals surface area contributed by atoms with Crippen molar-refractivity contribution in [3.8, 4) is 5.75 Å². The van der Waals surface area contributed by atoms with Gasteiger partial charge in [0.05, 0.1) is 5.69 Å². The molecule has 1 amide bonds. The van der Waals surface area contributed by atoms with E-state index in [1.54, 1.807) is 18.2 Å². The molecule has 19 heavy (non-hydrogen) atoms. The van der Waals surface area contributed by atoms with Crippen molar-refractivity contribution in [3.63, 3.8) is 0 Å². The predicted octanol–water partition coefficient (Wildman–Crippen LogP) is 2.37. The number of rotatable bonds is 4. The highest BCUT2D eigenvalue weighted by molar-refractivity contribution is 5.77. The molecular weight excluding hydrogens is 254 g/mol. The van der Waals surface area contributed by atoms with Crippen LogP contribution in [0.25, 0.3) is 0 Å². The fourth-order valence-electron chi connectivity index (χ4n) is 2.10. The summed E-state index contributed by atoms with van der Waals surface area (Å²) in [6, 6.07) is 6.44. The van der Waals surface area contributed by atoms with Crippen LogP contribution in [0.15, 0.2) is 24.3 Å². The molecule has 4 nitrogen and oxygen atoms in total. The van der Waals surface area contributed by atoms with E-state index in [0.717, 1.165) is 12.8 Å². The first kappa shape index (κ1) is 13.6. The van der Waals surface area contributed by atoms with Gasteiger partial charge < -0.3 is 15.4 Å². The second kappa shape index (κ2) is 6.36. The van der Waals surface area contributed by atoms with Crippen LogP contribution in [0.4, 0.5) is 14.5 Å². The molecule has 1 aliphatic rings. The molecule has 0 aliphatic carbocycles. The zero-order valence-electron chi connectivity index (χ0n) is 10.4. The molecule has 2 rings (SSSR count).